The number of aliphatic carboxylic acids is 1. The van der Waals surface area contributed by atoms with Gasteiger partial charge in [-0.15, -0.1) is 0 Å². The van der Waals surface area contributed by atoms with Crippen LogP contribution >= 0.6 is 0 Å². The summed E-state index contributed by atoms with van der Waals surface area (Å²) in [5, 5.41) is 13.6. The Morgan fingerprint density at radius 1 is 1.03 bits per heavy atom. The van der Waals surface area contributed by atoms with Crippen LogP contribution in [0, 0.1) is 17.6 Å². The summed E-state index contributed by atoms with van der Waals surface area (Å²) in [5.41, 5.74) is 0.459. The molecule has 6 nitrogen and oxygen atoms in total. The molecule has 0 aliphatic carbocycles. The van der Waals surface area contributed by atoms with Crippen molar-refractivity contribution in [3.8, 4) is 5.75 Å². The van der Waals surface area contributed by atoms with Gasteiger partial charge in [0.05, 0.1) is 5.92 Å². The Balaban J connectivity index is 1.54. The van der Waals surface area contributed by atoms with Crippen molar-refractivity contribution in [2.24, 2.45) is 5.92 Å². The minimum atomic E-state index is -1.49. The zero-order valence-electron chi connectivity index (χ0n) is 20.4. The summed E-state index contributed by atoms with van der Waals surface area (Å²) in [6.45, 7) is 2.35. The van der Waals surface area contributed by atoms with Crippen LogP contribution < -0.4 is 10.1 Å². The van der Waals surface area contributed by atoms with Gasteiger partial charge in [0, 0.05) is 30.8 Å². The molecule has 3 aromatic rings. The number of benzene rings is 3. The van der Waals surface area contributed by atoms with E-state index in [1.54, 1.807) is 6.92 Å². The highest BCUT2D eigenvalue weighted by Crippen LogP contribution is 2.44. The molecule has 0 saturated carbocycles. The third-order valence-corrected chi connectivity index (χ3v) is 7.50. The number of likely N-dealkylation sites (tertiary alicyclic amines) is 1. The van der Waals surface area contributed by atoms with Gasteiger partial charge in [-0.2, -0.15) is 0 Å². The average Bonchev–Trinajstić information content (AvgIpc) is 3.13. The van der Waals surface area contributed by atoms with Gasteiger partial charge in [0.2, 0.25) is 5.91 Å². The number of halogens is 2. The highest BCUT2D eigenvalue weighted by atomic mass is 19.2. The molecule has 192 valence electrons. The molecule has 3 atom stereocenters. The third kappa shape index (κ3) is 4.57. The molecular weight excluding hydrogens is 478 g/mol. The van der Waals surface area contributed by atoms with Gasteiger partial charge >= 0.3 is 5.97 Å². The lowest BCUT2D eigenvalue weighted by Gasteiger charge is -2.34. The molecule has 1 saturated heterocycles. The number of hydrogen-bond acceptors (Lipinski definition) is 4. The van der Waals surface area contributed by atoms with E-state index in [0.29, 0.717) is 12.1 Å². The fraction of sp³-hybridized carbons (Fsp3) is 0.310. The van der Waals surface area contributed by atoms with Crippen LogP contribution in [0.1, 0.15) is 42.0 Å². The summed E-state index contributed by atoms with van der Waals surface area (Å²) in [7, 11) is 0. The minimum absolute atomic E-state index is 0.133. The number of carbonyl (C=O) groups is 2. The van der Waals surface area contributed by atoms with Crippen molar-refractivity contribution >= 4 is 11.9 Å². The standard InChI is InChI=1S/C29H28F2N2O4/c1-29(28(35)36)16-20(26-21-14-22(30)23(31)15-24(21)37-13-12-32-26)17-33(29)27(34)25(18-8-4-2-5-9-18)19-10-6-3-7-11-19/h2-11,14-15,20,25-26,32H,12-13,16-17H2,1H3,(H,35,36)/t20-,26?,29-/m0/s1. The van der Waals surface area contributed by atoms with Crippen molar-refractivity contribution in [1.29, 1.82) is 0 Å². The molecule has 0 radical (unpaired) electrons. The van der Waals surface area contributed by atoms with Gasteiger partial charge in [-0.3, -0.25) is 4.79 Å². The molecule has 1 amide bonds. The molecule has 2 N–H and O–H groups in total. The van der Waals surface area contributed by atoms with Crippen molar-refractivity contribution < 1.29 is 28.2 Å². The lowest BCUT2D eigenvalue weighted by Crippen LogP contribution is -2.52. The Kier molecular flexibility index (Phi) is 6.69. The van der Waals surface area contributed by atoms with Crippen molar-refractivity contribution in [2.45, 2.75) is 30.8 Å². The number of carboxylic acids is 1. The first kappa shape index (κ1) is 24.9. The third-order valence-electron chi connectivity index (χ3n) is 7.50. The van der Waals surface area contributed by atoms with Crippen LogP contribution in [0.4, 0.5) is 8.78 Å². The topological polar surface area (TPSA) is 78.9 Å². The summed E-state index contributed by atoms with van der Waals surface area (Å²) >= 11 is 0. The Bertz CT molecular complexity index is 1260. The second kappa shape index (κ2) is 9.94. The van der Waals surface area contributed by atoms with Crippen LogP contribution in [0.3, 0.4) is 0 Å². The fourth-order valence-electron chi connectivity index (χ4n) is 5.62. The lowest BCUT2D eigenvalue weighted by molar-refractivity contribution is -0.155. The van der Waals surface area contributed by atoms with Gasteiger partial charge in [-0.25, -0.2) is 13.6 Å². The summed E-state index contributed by atoms with van der Waals surface area (Å²) < 4.78 is 33.8. The maximum Gasteiger partial charge on any atom is 0.329 e. The first-order valence-electron chi connectivity index (χ1n) is 12.3. The van der Waals surface area contributed by atoms with Gasteiger partial charge in [0.25, 0.3) is 0 Å². The van der Waals surface area contributed by atoms with Crippen LogP contribution in [0.15, 0.2) is 72.8 Å². The normalized spacial score (nSPS) is 23.3. The number of carboxylic acid groups (broad SMARTS) is 1. The smallest absolute Gasteiger partial charge is 0.329 e. The van der Waals surface area contributed by atoms with E-state index >= 15 is 0 Å². The number of ether oxygens (including phenoxy) is 1. The Labute approximate surface area is 213 Å². The number of nitrogens with one attached hydrogen (secondary N) is 1. The van der Waals surface area contributed by atoms with Crippen molar-refractivity contribution in [1.82, 2.24) is 10.2 Å². The molecule has 0 bridgehead atoms. The van der Waals surface area contributed by atoms with Crippen molar-refractivity contribution in [3.63, 3.8) is 0 Å². The number of hydrogen-bond donors (Lipinski definition) is 2. The summed E-state index contributed by atoms with van der Waals surface area (Å²) in [6.07, 6.45) is 0.139. The van der Waals surface area contributed by atoms with Crippen LogP contribution in [-0.2, 0) is 9.59 Å². The van der Waals surface area contributed by atoms with Gasteiger partial charge < -0.3 is 20.1 Å². The Morgan fingerprint density at radius 3 is 2.22 bits per heavy atom. The number of nitrogens with zero attached hydrogens (tertiary/aromatic N) is 1. The largest absolute Gasteiger partial charge is 0.492 e. The first-order valence-corrected chi connectivity index (χ1v) is 12.3. The zero-order chi connectivity index (χ0) is 26.2. The molecule has 37 heavy (non-hydrogen) atoms. The molecule has 0 aromatic heterocycles. The van der Waals surface area contributed by atoms with E-state index in [0.717, 1.165) is 23.3 Å². The molecule has 2 aliphatic heterocycles. The Morgan fingerprint density at radius 2 is 1.62 bits per heavy atom. The molecule has 2 aliphatic rings. The number of fused-ring (bicyclic) bond motifs is 1. The Hall–Kier alpha value is -3.78. The second-order valence-corrected chi connectivity index (χ2v) is 9.83. The van der Waals surface area contributed by atoms with E-state index in [9.17, 15) is 23.5 Å². The van der Waals surface area contributed by atoms with E-state index in [1.165, 1.54) is 4.90 Å². The van der Waals surface area contributed by atoms with Crippen LogP contribution in [0.25, 0.3) is 0 Å². The molecule has 2 heterocycles. The number of carbonyl (C=O) groups excluding carboxylic acids is 1. The lowest BCUT2D eigenvalue weighted by atomic mass is 9.85. The van der Waals surface area contributed by atoms with Crippen molar-refractivity contribution in [3.05, 3.63) is 101 Å². The molecule has 5 rings (SSSR count). The molecule has 1 fully saturated rings. The van der Waals surface area contributed by atoms with E-state index in [-0.39, 0.29) is 37.1 Å². The predicted molar refractivity (Wildman–Crippen MR) is 133 cm³/mol. The molecular formula is C29H28F2N2O4. The second-order valence-electron chi connectivity index (χ2n) is 9.83. The first-order chi connectivity index (χ1) is 17.8. The maximum absolute atomic E-state index is 14.2. The zero-order valence-corrected chi connectivity index (χ0v) is 20.4. The van der Waals surface area contributed by atoms with Crippen LogP contribution in [-0.4, -0.2) is 47.1 Å². The maximum atomic E-state index is 14.2. The predicted octanol–water partition coefficient (Wildman–Crippen LogP) is 4.51. The van der Waals surface area contributed by atoms with E-state index in [4.69, 9.17) is 4.74 Å². The summed E-state index contributed by atoms with van der Waals surface area (Å²) in [5.74, 6) is -4.28. The molecule has 1 unspecified atom stereocenters. The molecule has 0 spiro atoms. The average molecular weight is 507 g/mol. The highest BCUT2D eigenvalue weighted by molar-refractivity contribution is 5.93. The minimum Gasteiger partial charge on any atom is -0.492 e. The molecule has 3 aromatic carbocycles. The van der Waals surface area contributed by atoms with Gasteiger partial charge in [0.1, 0.15) is 17.9 Å². The van der Waals surface area contributed by atoms with E-state index in [2.05, 4.69) is 5.32 Å². The molecule has 8 heteroatoms. The summed E-state index contributed by atoms with van der Waals surface area (Å²) in [6, 6.07) is 20.2. The highest BCUT2D eigenvalue weighted by Gasteiger charge is 2.53. The van der Waals surface area contributed by atoms with Gasteiger partial charge in [0.15, 0.2) is 11.6 Å². The summed E-state index contributed by atoms with van der Waals surface area (Å²) in [4.78, 5) is 28.3. The van der Waals surface area contributed by atoms with Gasteiger partial charge in [-0.1, -0.05) is 60.7 Å². The number of rotatable bonds is 5. The monoisotopic (exact) mass is 506 g/mol. The van der Waals surface area contributed by atoms with Crippen molar-refractivity contribution in [2.75, 3.05) is 19.7 Å². The van der Waals surface area contributed by atoms with Gasteiger partial charge in [-0.05, 0) is 36.5 Å². The van der Waals surface area contributed by atoms with Crippen LogP contribution in [0.5, 0.6) is 5.75 Å². The van der Waals surface area contributed by atoms with Crippen LogP contribution in [0.2, 0.25) is 0 Å². The van der Waals surface area contributed by atoms with E-state index < -0.39 is 35.1 Å². The van der Waals surface area contributed by atoms with E-state index in [1.807, 2.05) is 60.7 Å². The SMILES string of the molecule is C[C@@]1(C(=O)O)C[C@H](C2NCCOc3cc(F)c(F)cc32)CN1C(=O)C(c1ccccc1)c1ccccc1. The quantitative estimate of drug-likeness (QED) is 0.533. The fourth-order valence-corrected chi connectivity index (χ4v) is 5.62. The number of amides is 1.